The zero-order valence-corrected chi connectivity index (χ0v) is 22.4. The van der Waals surface area contributed by atoms with Crippen molar-refractivity contribution in [2.45, 2.75) is 61.4 Å². The van der Waals surface area contributed by atoms with Crippen LogP contribution in [0.5, 0.6) is 28.7 Å². The average molecular weight is 627 g/mol. The standard InChI is InChI=1S/C27H30O17/c28-6-15-19(34)22(37)24(39)26(42-15)44-25-23(38)20(35)16(7-29)43-27(25)41-14-5-13-17(21(36)18(14)33)11(32)4-12(40-13)8-1-2-9(30)10(31)3-8/h1-5,15-16,19-20,22-31,33-39H,6-7H2/t15-,16-,19-,20-,22+,23+,24-,25-,26+,27-/m1/s1. The van der Waals surface area contributed by atoms with Crippen LogP contribution in [-0.2, 0) is 14.2 Å². The lowest BCUT2D eigenvalue weighted by atomic mass is 9.97. The van der Waals surface area contributed by atoms with Crippen LogP contribution in [0.15, 0.2) is 39.5 Å². The first kappa shape index (κ1) is 31.7. The van der Waals surface area contributed by atoms with Crippen LogP contribution in [0.25, 0.3) is 22.3 Å². The lowest BCUT2D eigenvalue weighted by molar-refractivity contribution is -0.358. The Hall–Kier alpha value is -3.75. The molecule has 240 valence electrons. The van der Waals surface area contributed by atoms with E-state index in [1.165, 1.54) is 6.07 Å². The fourth-order valence-corrected chi connectivity index (χ4v) is 4.93. The highest BCUT2D eigenvalue weighted by Gasteiger charge is 2.51. The fraction of sp³-hybridized carbons (Fsp3) is 0.444. The van der Waals surface area contributed by atoms with Gasteiger partial charge in [-0.3, -0.25) is 4.79 Å². The summed E-state index contributed by atoms with van der Waals surface area (Å²) in [7, 11) is 0. The van der Waals surface area contributed by atoms with Crippen LogP contribution in [0.1, 0.15) is 0 Å². The molecule has 2 aliphatic heterocycles. The van der Waals surface area contributed by atoms with Crippen LogP contribution in [0.3, 0.4) is 0 Å². The van der Waals surface area contributed by atoms with E-state index in [4.69, 9.17) is 23.4 Å². The van der Waals surface area contributed by atoms with Crippen molar-refractivity contribution in [3.05, 3.63) is 40.6 Å². The van der Waals surface area contributed by atoms with Gasteiger partial charge in [-0.25, -0.2) is 0 Å². The highest BCUT2D eigenvalue weighted by atomic mass is 16.8. The average Bonchev–Trinajstić information content (AvgIpc) is 3.00. The van der Waals surface area contributed by atoms with Crippen LogP contribution in [-0.4, -0.2) is 131 Å². The molecule has 0 radical (unpaired) electrons. The number of aliphatic hydroxyl groups excluding tert-OH is 7. The van der Waals surface area contributed by atoms with Crippen LogP contribution in [0.4, 0.5) is 0 Å². The molecule has 17 nitrogen and oxygen atoms in total. The molecule has 0 saturated carbocycles. The second-order valence-corrected chi connectivity index (χ2v) is 10.2. The second kappa shape index (κ2) is 12.3. The lowest BCUT2D eigenvalue weighted by Crippen LogP contribution is -2.65. The summed E-state index contributed by atoms with van der Waals surface area (Å²) >= 11 is 0. The monoisotopic (exact) mass is 626 g/mol. The van der Waals surface area contributed by atoms with Gasteiger partial charge in [0, 0.05) is 17.7 Å². The third-order valence-electron chi connectivity index (χ3n) is 7.40. The number of aromatic hydroxyl groups is 4. The van der Waals surface area contributed by atoms with E-state index in [1.54, 1.807) is 0 Å². The molecule has 3 aromatic rings. The SMILES string of the molecule is O=c1cc(-c2ccc(O)c(O)c2)oc2cc(O[C@@H]3O[C@H](CO)[C@@H](O)[C@H](O)[C@H]3O[C@@H]3O[C@H](CO)[C@@H](O)[C@H](O)[C@H]3O)c(O)c(O)c12. The van der Waals surface area contributed by atoms with E-state index in [0.29, 0.717) is 0 Å². The molecule has 2 aromatic carbocycles. The van der Waals surface area contributed by atoms with Gasteiger partial charge in [0.05, 0.1) is 13.2 Å². The van der Waals surface area contributed by atoms with Gasteiger partial charge >= 0.3 is 0 Å². The van der Waals surface area contributed by atoms with Gasteiger partial charge in [-0.05, 0) is 18.2 Å². The number of hydrogen-bond acceptors (Lipinski definition) is 17. The van der Waals surface area contributed by atoms with Crippen molar-refractivity contribution in [1.82, 2.24) is 0 Å². The Morgan fingerprint density at radius 2 is 1.34 bits per heavy atom. The lowest BCUT2D eigenvalue weighted by Gasteiger charge is -2.45. The number of fused-ring (bicyclic) bond motifs is 1. The number of phenolic OH excluding ortho intramolecular Hbond substituents is 4. The number of rotatable bonds is 7. The molecule has 2 saturated heterocycles. The Morgan fingerprint density at radius 1 is 0.705 bits per heavy atom. The first-order valence-electron chi connectivity index (χ1n) is 13.2. The fourth-order valence-electron chi connectivity index (χ4n) is 4.93. The molecule has 0 unspecified atom stereocenters. The molecule has 0 bridgehead atoms. The smallest absolute Gasteiger partial charge is 0.229 e. The molecule has 2 aliphatic rings. The molecule has 3 heterocycles. The van der Waals surface area contributed by atoms with Crippen LogP contribution >= 0.6 is 0 Å². The number of hydrogen-bond donors (Lipinski definition) is 11. The summed E-state index contributed by atoms with van der Waals surface area (Å²) in [6.45, 7) is -1.64. The Kier molecular flexibility index (Phi) is 8.87. The van der Waals surface area contributed by atoms with Crippen molar-refractivity contribution in [1.29, 1.82) is 0 Å². The minimum atomic E-state index is -1.93. The van der Waals surface area contributed by atoms with Gasteiger partial charge in [0.2, 0.25) is 12.0 Å². The molecule has 0 spiro atoms. The maximum absolute atomic E-state index is 12.9. The molecule has 2 fully saturated rings. The Balaban J connectivity index is 1.52. The number of benzene rings is 2. The summed E-state index contributed by atoms with van der Waals surface area (Å²) in [5.74, 6) is -3.65. The van der Waals surface area contributed by atoms with Crippen molar-refractivity contribution in [2.75, 3.05) is 13.2 Å². The molecule has 0 aliphatic carbocycles. The molecule has 0 amide bonds. The Bertz CT molecular complexity index is 1560. The maximum Gasteiger partial charge on any atom is 0.229 e. The van der Waals surface area contributed by atoms with Crippen LogP contribution in [0.2, 0.25) is 0 Å². The third-order valence-corrected chi connectivity index (χ3v) is 7.40. The Morgan fingerprint density at radius 3 is 1.98 bits per heavy atom. The van der Waals surface area contributed by atoms with Crippen molar-refractivity contribution < 1.29 is 79.5 Å². The van der Waals surface area contributed by atoms with Crippen molar-refractivity contribution >= 4 is 11.0 Å². The normalized spacial score (nSPS) is 32.5. The summed E-state index contributed by atoms with van der Waals surface area (Å²) in [4.78, 5) is 12.9. The van der Waals surface area contributed by atoms with E-state index in [1.807, 2.05) is 0 Å². The molecule has 5 rings (SSSR count). The number of phenols is 4. The predicted octanol–water partition coefficient (Wildman–Crippen LogP) is -2.71. The molecule has 1 aromatic heterocycles. The molecule has 11 N–H and O–H groups in total. The zero-order valence-electron chi connectivity index (χ0n) is 22.4. The Labute approximate surface area is 246 Å². The van der Waals surface area contributed by atoms with Gasteiger partial charge in [0.1, 0.15) is 59.5 Å². The van der Waals surface area contributed by atoms with Gasteiger partial charge in [0.15, 0.2) is 40.8 Å². The van der Waals surface area contributed by atoms with Gasteiger partial charge in [0.25, 0.3) is 0 Å². The largest absolute Gasteiger partial charge is 0.504 e. The van der Waals surface area contributed by atoms with E-state index in [9.17, 15) is 61.0 Å². The molecule has 10 atom stereocenters. The summed E-state index contributed by atoms with van der Waals surface area (Å²) in [6.07, 6.45) is -17.6. The highest BCUT2D eigenvalue weighted by molar-refractivity contribution is 5.89. The molecular formula is C27H30O17. The molecule has 17 heteroatoms. The topological polar surface area (TPSA) is 290 Å². The summed E-state index contributed by atoms with van der Waals surface area (Å²) in [5.41, 5.74) is -1.00. The van der Waals surface area contributed by atoms with Gasteiger partial charge in [-0.2, -0.15) is 0 Å². The van der Waals surface area contributed by atoms with Crippen molar-refractivity contribution in [2.24, 2.45) is 0 Å². The van der Waals surface area contributed by atoms with E-state index in [2.05, 4.69) is 0 Å². The summed E-state index contributed by atoms with van der Waals surface area (Å²) in [6, 6.07) is 5.51. The minimum absolute atomic E-state index is 0.120. The van der Waals surface area contributed by atoms with E-state index in [-0.39, 0.29) is 16.9 Å². The van der Waals surface area contributed by atoms with Gasteiger partial charge in [-0.1, -0.05) is 0 Å². The van der Waals surface area contributed by atoms with E-state index < -0.39 is 114 Å². The van der Waals surface area contributed by atoms with Gasteiger partial charge < -0.3 is 79.5 Å². The second-order valence-electron chi connectivity index (χ2n) is 10.2. The van der Waals surface area contributed by atoms with Crippen molar-refractivity contribution in [3.8, 4) is 40.1 Å². The third kappa shape index (κ3) is 5.61. The van der Waals surface area contributed by atoms with Crippen LogP contribution in [0, 0.1) is 0 Å². The summed E-state index contributed by atoms with van der Waals surface area (Å²) in [5, 5.41) is 111. The summed E-state index contributed by atoms with van der Waals surface area (Å²) < 4.78 is 27.8. The predicted molar refractivity (Wildman–Crippen MR) is 142 cm³/mol. The van der Waals surface area contributed by atoms with E-state index in [0.717, 1.165) is 24.3 Å². The first-order chi connectivity index (χ1) is 20.9. The minimum Gasteiger partial charge on any atom is -0.504 e. The van der Waals surface area contributed by atoms with Gasteiger partial charge in [-0.15, -0.1) is 0 Å². The first-order valence-corrected chi connectivity index (χ1v) is 13.2. The quantitative estimate of drug-likeness (QED) is 0.119. The number of ether oxygens (including phenoxy) is 4. The maximum atomic E-state index is 12.9. The zero-order chi connectivity index (χ0) is 32.0. The molecular weight excluding hydrogens is 596 g/mol. The highest BCUT2D eigenvalue weighted by Crippen LogP contribution is 2.43. The molecule has 44 heavy (non-hydrogen) atoms. The van der Waals surface area contributed by atoms with E-state index >= 15 is 0 Å². The number of aliphatic hydroxyl groups is 7. The van der Waals surface area contributed by atoms with Crippen LogP contribution < -0.4 is 10.2 Å². The van der Waals surface area contributed by atoms with Crippen molar-refractivity contribution in [3.63, 3.8) is 0 Å².